The first kappa shape index (κ1) is 32.2. The van der Waals surface area contributed by atoms with E-state index in [9.17, 15) is 26.7 Å². The fourth-order valence-corrected chi connectivity index (χ4v) is 4.27. The number of nitrogens with one attached hydrogen (secondary N) is 2. The predicted molar refractivity (Wildman–Crippen MR) is 140 cm³/mol. The molecule has 3 N–H and O–H groups in total. The van der Waals surface area contributed by atoms with Crippen molar-refractivity contribution < 1.29 is 31.1 Å². The maximum absolute atomic E-state index is 13.4. The zero-order chi connectivity index (χ0) is 28.6. The maximum Gasteiger partial charge on any atom is 0.417 e. The van der Waals surface area contributed by atoms with Crippen molar-refractivity contribution in [3.05, 3.63) is 41.3 Å². The monoisotopic (exact) mass is 565 g/mol. The number of aromatic hydroxyl groups is 1. The quantitative estimate of drug-likeness (QED) is 0.279. The van der Waals surface area contributed by atoms with Crippen molar-refractivity contribution in [3.8, 4) is 5.75 Å². The molecule has 2 aromatic heterocycles. The van der Waals surface area contributed by atoms with Crippen LogP contribution in [0, 0.1) is 12.8 Å². The molecule has 0 unspecified atom stereocenters. The number of hydrogen-bond acceptors (Lipinski definition) is 9. The molecule has 0 amide bonds. The second-order valence-electron chi connectivity index (χ2n) is 8.31. The van der Waals surface area contributed by atoms with Crippen molar-refractivity contribution >= 4 is 39.1 Å². The van der Waals surface area contributed by atoms with Crippen molar-refractivity contribution in [3.63, 3.8) is 0 Å². The van der Waals surface area contributed by atoms with Crippen molar-refractivity contribution in [2.45, 2.75) is 59.2 Å². The molecule has 3 aromatic rings. The van der Waals surface area contributed by atoms with E-state index in [-0.39, 0.29) is 23.9 Å². The molecule has 0 saturated heterocycles. The lowest BCUT2D eigenvalue weighted by atomic mass is 10.1. The van der Waals surface area contributed by atoms with Crippen molar-refractivity contribution in [1.29, 1.82) is 0 Å². The van der Waals surface area contributed by atoms with Gasteiger partial charge in [-0.05, 0) is 37.1 Å². The molecule has 0 aliphatic rings. The second kappa shape index (κ2) is 13.6. The maximum atomic E-state index is 13.4. The van der Waals surface area contributed by atoms with Gasteiger partial charge in [-0.15, -0.1) is 0 Å². The number of anilines is 3. The van der Waals surface area contributed by atoms with Crippen LogP contribution in [0.2, 0.25) is 0 Å². The Bertz CT molecular complexity index is 1240. The largest absolute Gasteiger partial charge is 0.504 e. The Hall–Kier alpha value is -2.84. The molecule has 37 heavy (non-hydrogen) atoms. The molecule has 0 aliphatic heterocycles. The average molecular weight is 566 g/mol. The van der Waals surface area contributed by atoms with Gasteiger partial charge in [0.1, 0.15) is 16.4 Å². The van der Waals surface area contributed by atoms with Crippen LogP contribution in [0.5, 0.6) is 5.75 Å². The first-order valence-electron chi connectivity index (χ1n) is 11.4. The summed E-state index contributed by atoms with van der Waals surface area (Å²) in [5.74, 6) is 1.43. The van der Waals surface area contributed by atoms with E-state index in [1.165, 1.54) is 0 Å². The molecule has 0 atom stereocenters. The SMILES string of the molecule is CC.CC(C)C.Cc1ccc(CNc2nsnc2Nc2ccc(C(F)(F)F)c(S(=O)(=O)N(C)C)c2O)o1. The van der Waals surface area contributed by atoms with E-state index in [4.69, 9.17) is 4.42 Å². The number of furan rings is 1. The number of benzene rings is 1. The predicted octanol–water partition coefficient (Wildman–Crippen LogP) is 6.46. The Morgan fingerprint density at radius 1 is 1.08 bits per heavy atom. The highest BCUT2D eigenvalue weighted by Gasteiger charge is 2.40. The molecule has 0 spiro atoms. The van der Waals surface area contributed by atoms with E-state index >= 15 is 0 Å². The number of phenolic OH excluding ortho intramolecular Hbond substituents is 1. The van der Waals surface area contributed by atoms with Crippen molar-refractivity contribution in [1.82, 2.24) is 13.1 Å². The molecular formula is C23H34F3N5O4S2. The number of alkyl halides is 3. The number of phenols is 1. The summed E-state index contributed by atoms with van der Waals surface area (Å²) < 4.78 is 79.3. The highest BCUT2D eigenvalue weighted by Crippen LogP contribution is 2.43. The number of nitrogens with zero attached hydrogens (tertiary/aromatic N) is 3. The van der Waals surface area contributed by atoms with Crippen LogP contribution in [0.15, 0.2) is 33.6 Å². The van der Waals surface area contributed by atoms with Gasteiger partial charge in [-0.3, -0.25) is 0 Å². The molecule has 14 heteroatoms. The summed E-state index contributed by atoms with van der Waals surface area (Å²) in [7, 11) is -2.48. The van der Waals surface area contributed by atoms with Gasteiger partial charge in [-0.1, -0.05) is 34.6 Å². The van der Waals surface area contributed by atoms with Crippen molar-refractivity contribution in [2.24, 2.45) is 5.92 Å². The standard InChI is InChI=1S/C17H18F3N5O4S2.C4H10.C2H6/c1-9-4-5-10(29-9)8-21-15-16(24-30-23-15)22-12-7-6-11(17(18,19)20)14(13(12)26)31(27,28)25(2)3;1-4(2)3;1-2/h4-7,26H,8H2,1-3H3,(H,21,23)(H,22,24);4H,1-3H3;1-2H3. The Morgan fingerprint density at radius 3 is 2.14 bits per heavy atom. The summed E-state index contributed by atoms with van der Waals surface area (Å²) in [6.45, 7) is 12.5. The lowest BCUT2D eigenvalue weighted by Crippen LogP contribution is -2.25. The smallest absolute Gasteiger partial charge is 0.417 e. The topological polar surface area (TPSA) is 121 Å². The third-order valence-electron chi connectivity index (χ3n) is 4.14. The fraction of sp³-hybridized carbons (Fsp3) is 0.478. The summed E-state index contributed by atoms with van der Waals surface area (Å²) >= 11 is 0.810. The number of hydrogen-bond donors (Lipinski definition) is 3. The fourth-order valence-electron chi connectivity index (χ4n) is 2.60. The van der Waals surface area contributed by atoms with E-state index in [2.05, 4.69) is 40.2 Å². The van der Waals surface area contributed by atoms with Crippen LogP contribution in [0.3, 0.4) is 0 Å². The van der Waals surface area contributed by atoms with Gasteiger partial charge in [-0.2, -0.15) is 21.9 Å². The third kappa shape index (κ3) is 8.90. The summed E-state index contributed by atoms with van der Waals surface area (Å²) in [6.07, 6.45) is -5.00. The Kier molecular flexibility index (Phi) is 11.9. The van der Waals surface area contributed by atoms with Gasteiger partial charge < -0.3 is 20.2 Å². The normalized spacial score (nSPS) is 11.5. The second-order valence-corrected chi connectivity index (χ2v) is 10.9. The van der Waals surface area contributed by atoms with Gasteiger partial charge in [0, 0.05) is 14.1 Å². The molecule has 0 radical (unpaired) electrons. The van der Waals surface area contributed by atoms with Gasteiger partial charge >= 0.3 is 6.18 Å². The number of sulfonamides is 1. The minimum atomic E-state index is -5.00. The summed E-state index contributed by atoms with van der Waals surface area (Å²) in [6, 6.07) is 5.04. The summed E-state index contributed by atoms with van der Waals surface area (Å²) in [5.41, 5.74) is -1.76. The summed E-state index contributed by atoms with van der Waals surface area (Å²) in [4.78, 5) is -1.25. The van der Waals surface area contributed by atoms with Gasteiger partial charge in [0.05, 0.1) is 29.5 Å². The van der Waals surface area contributed by atoms with Gasteiger partial charge in [0.2, 0.25) is 10.0 Å². The van der Waals surface area contributed by atoms with Gasteiger partial charge in [0.15, 0.2) is 17.4 Å². The minimum absolute atomic E-state index is 0.0940. The third-order valence-corrected chi connectivity index (χ3v) is 6.56. The summed E-state index contributed by atoms with van der Waals surface area (Å²) in [5, 5.41) is 16.1. The van der Waals surface area contributed by atoms with Crippen LogP contribution < -0.4 is 10.6 Å². The zero-order valence-electron chi connectivity index (χ0n) is 22.1. The Morgan fingerprint density at radius 2 is 1.65 bits per heavy atom. The van der Waals surface area contributed by atoms with Gasteiger partial charge in [-0.25, -0.2) is 12.7 Å². The number of aryl methyl sites for hydroxylation is 1. The van der Waals surface area contributed by atoms with E-state index in [1.807, 2.05) is 13.8 Å². The minimum Gasteiger partial charge on any atom is -0.504 e. The molecule has 2 heterocycles. The molecule has 1 aromatic carbocycles. The van der Waals surface area contributed by atoms with Crippen LogP contribution in [-0.2, 0) is 22.7 Å². The lowest BCUT2D eigenvalue weighted by molar-refractivity contribution is -0.140. The van der Waals surface area contributed by atoms with Gasteiger partial charge in [0.25, 0.3) is 0 Å². The zero-order valence-corrected chi connectivity index (χ0v) is 23.7. The van der Waals surface area contributed by atoms with Crippen LogP contribution in [0.25, 0.3) is 0 Å². The highest BCUT2D eigenvalue weighted by molar-refractivity contribution is 7.89. The molecule has 0 bridgehead atoms. The molecule has 0 saturated carbocycles. The van der Waals surface area contributed by atoms with Crippen LogP contribution >= 0.6 is 11.7 Å². The van der Waals surface area contributed by atoms with E-state index < -0.39 is 32.4 Å². The van der Waals surface area contributed by atoms with Crippen LogP contribution in [-0.4, -0.2) is 40.7 Å². The van der Waals surface area contributed by atoms with E-state index in [0.29, 0.717) is 16.1 Å². The number of rotatable bonds is 7. The van der Waals surface area contributed by atoms with Crippen LogP contribution in [0.4, 0.5) is 30.5 Å². The molecule has 0 aliphatic carbocycles. The molecular weight excluding hydrogens is 531 g/mol. The molecule has 3 rings (SSSR count). The number of aromatic nitrogens is 2. The first-order chi connectivity index (χ1) is 17.1. The molecule has 208 valence electrons. The highest BCUT2D eigenvalue weighted by atomic mass is 32.2. The molecule has 0 fully saturated rings. The molecule has 9 nitrogen and oxygen atoms in total. The first-order valence-corrected chi connectivity index (χ1v) is 13.6. The lowest BCUT2D eigenvalue weighted by Gasteiger charge is -2.20. The van der Waals surface area contributed by atoms with E-state index in [0.717, 1.165) is 43.6 Å². The van der Waals surface area contributed by atoms with Crippen LogP contribution in [0.1, 0.15) is 51.7 Å². The van der Waals surface area contributed by atoms with E-state index in [1.54, 1.807) is 19.1 Å². The number of halogens is 3. The Labute approximate surface area is 220 Å². The Balaban J connectivity index is 0.00000104. The van der Waals surface area contributed by atoms with Crippen molar-refractivity contribution in [2.75, 3.05) is 24.7 Å². The average Bonchev–Trinajstić information content (AvgIpc) is 3.41.